The number of carbonyl (C=O) groups is 4. The van der Waals surface area contributed by atoms with Crippen LogP contribution in [0.5, 0.6) is 0 Å². The van der Waals surface area contributed by atoms with E-state index in [4.69, 9.17) is 16.6 Å². The third-order valence-electron chi connectivity index (χ3n) is 7.67. The van der Waals surface area contributed by atoms with Gasteiger partial charge in [-0.05, 0) is 63.0 Å². The van der Waals surface area contributed by atoms with Crippen molar-refractivity contribution in [1.29, 1.82) is 0 Å². The molecule has 10 N–H and O–H groups in total. The lowest BCUT2D eigenvalue weighted by Gasteiger charge is -2.38. The summed E-state index contributed by atoms with van der Waals surface area (Å²) in [6.45, 7) is 4.57. The van der Waals surface area contributed by atoms with Crippen LogP contribution in [0.4, 0.5) is 0 Å². The third kappa shape index (κ3) is 12.2. The van der Waals surface area contributed by atoms with Crippen LogP contribution >= 0.6 is 0 Å². The molecule has 0 aliphatic carbocycles. The third-order valence-corrected chi connectivity index (χ3v) is 7.67. The highest BCUT2D eigenvalue weighted by Gasteiger charge is 2.40. The Bertz CT molecular complexity index is 1030. The van der Waals surface area contributed by atoms with Gasteiger partial charge in [0.05, 0.1) is 18.8 Å². The molecule has 4 unspecified atom stereocenters. The fourth-order valence-electron chi connectivity index (χ4n) is 4.96. The second kappa shape index (κ2) is 17.9. The first kappa shape index (κ1) is 36.1. The molecule has 1 heterocycles. The SMILES string of the molecule is CC(C)CC(NC(=O)C(N)Cc1ccccc1)C(=O)NC(CCCCNCC(O)CO)C(=O)N1CCC(N)(C(=O)O)CC1. The number of carboxylic acid groups (broad SMARTS) is 1. The van der Waals surface area contributed by atoms with Gasteiger partial charge in [-0.25, -0.2) is 0 Å². The summed E-state index contributed by atoms with van der Waals surface area (Å²) < 4.78 is 0. The van der Waals surface area contributed by atoms with Gasteiger partial charge in [0.25, 0.3) is 0 Å². The lowest BCUT2D eigenvalue weighted by atomic mass is 9.88. The van der Waals surface area contributed by atoms with Crippen molar-refractivity contribution in [2.75, 3.05) is 32.8 Å². The number of hydrogen-bond acceptors (Lipinski definition) is 9. The van der Waals surface area contributed by atoms with E-state index >= 15 is 0 Å². The van der Waals surface area contributed by atoms with E-state index in [1.807, 2.05) is 44.2 Å². The van der Waals surface area contributed by atoms with E-state index in [0.29, 0.717) is 38.6 Å². The number of rotatable bonds is 18. The van der Waals surface area contributed by atoms with Crippen LogP contribution in [0.15, 0.2) is 30.3 Å². The number of nitrogens with zero attached hydrogens (tertiary/aromatic N) is 1. The fraction of sp³-hybridized carbons (Fsp3) is 0.667. The Morgan fingerprint density at radius 3 is 2.21 bits per heavy atom. The molecule has 1 saturated heterocycles. The number of hydrogen-bond donors (Lipinski definition) is 8. The molecular weight excluding hydrogens is 556 g/mol. The Kier molecular flexibility index (Phi) is 15.0. The van der Waals surface area contributed by atoms with Crippen LogP contribution in [-0.4, -0.2) is 106 Å². The van der Waals surface area contributed by atoms with E-state index < -0.39 is 47.6 Å². The van der Waals surface area contributed by atoms with E-state index in [1.54, 1.807) is 0 Å². The van der Waals surface area contributed by atoms with Crippen LogP contribution < -0.4 is 27.4 Å². The zero-order valence-corrected chi connectivity index (χ0v) is 25.3. The first-order valence-electron chi connectivity index (χ1n) is 15.1. The van der Waals surface area contributed by atoms with E-state index in [9.17, 15) is 29.4 Å². The van der Waals surface area contributed by atoms with Crippen LogP contribution in [-0.2, 0) is 25.6 Å². The predicted octanol–water partition coefficient (Wildman–Crippen LogP) is -0.910. The van der Waals surface area contributed by atoms with Crippen LogP contribution in [0.2, 0.25) is 0 Å². The average Bonchev–Trinajstić information content (AvgIpc) is 2.97. The molecule has 0 spiro atoms. The van der Waals surface area contributed by atoms with Crippen molar-refractivity contribution in [3.8, 4) is 0 Å². The van der Waals surface area contributed by atoms with Gasteiger partial charge in [-0.1, -0.05) is 44.2 Å². The Labute approximate surface area is 253 Å². The van der Waals surface area contributed by atoms with Crippen molar-refractivity contribution < 1.29 is 34.5 Å². The zero-order valence-electron chi connectivity index (χ0n) is 25.3. The minimum Gasteiger partial charge on any atom is -0.480 e. The van der Waals surface area contributed by atoms with Crippen LogP contribution in [0, 0.1) is 5.92 Å². The number of aliphatic hydroxyl groups is 2. The number of nitrogens with two attached hydrogens (primary N) is 2. The molecular formula is C30H50N6O7. The van der Waals surface area contributed by atoms with Crippen LogP contribution in [0.25, 0.3) is 0 Å². The van der Waals surface area contributed by atoms with Crippen LogP contribution in [0.3, 0.4) is 0 Å². The molecule has 0 saturated carbocycles. The minimum absolute atomic E-state index is 0.0617. The maximum atomic E-state index is 13.6. The molecule has 1 fully saturated rings. The fourth-order valence-corrected chi connectivity index (χ4v) is 4.96. The summed E-state index contributed by atoms with van der Waals surface area (Å²) in [4.78, 5) is 53.2. The van der Waals surface area contributed by atoms with Crippen molar-refractivity contribution >= 4 is 23.7 Å². The lowest BCUT2D eigenvalue weighted by molar-refractivity contribution is -0.148. The second-order valence-electron chi connectivity index (χ2n) is 11.9. The molecule has 13 nitrogen and oxygen atoms in total. The molecule has 242 valence electrons. The van der Waals surface area contributed by atoms with Gasteiger partial charge >= 0.3 is 5.97 Å². The number of piperidine rings is 1. The number of carbonyl (C=O) groups excluding carboxylic acids is 3. The first-order chi connectivity index (χ1) is 20.4. The standard InChI is InChI=1S/C30H50N6O7/c1-20(2)16-25(35-26(39)23(31)17-21-8-4-3-5-9-21)27(40)34-24(10-6-7-13-33-18-22(38)19-37)28(41)36-14-11-30(32,12-15-36)29(42)43/h3-5,8-9,20,22-25,33,37-38H,6-7,10-19,31-32H2,1-2H3,(H,34,40)(H,35,39)(H,42,43). The highest BCUT2D eigenvalue weighted by atomic mass is 16.4. The summed E-state index contributed by atoms with van der Waals surface area (Å²) in [7, 11) is 0. The predicted molar refractivity (Wildman–Crippen MR) is 162 cm³/mol. The summed E-state index contributed by atoms with van der Waals surface area (Å²) in [6.07, 6.45) is 1.49. The molecule has 1 aromatic rings. The Balaban J connectivity index is 2.09. The highest BCUT2D eigenvalue weighted by Crippen LogP contribution is 2.21. The monoisotopic (exact) mass is 606 g/mol. The number of aliphatic hydroxyl groups excluding tert-OH is 2. The summed E-state index contributed by atoms with van der Waals surface area (Å²) >= 11 is 0. The number of unbranched alkanes of at least 4 members (excludes halogenated alkanes) is 1. The van der Waals surface area contributed by atoms with Crippen molar-refractivity contribution in [3.63, 3.8) is 0 Å². The van der Waals surface area contributed by atoms with Gasteiger partial charge in [0.15, 0.2) is 0 Å². The normalized spacial score (nSPS) is 17.5. The number of likely N-dealkylation sites (tertiary alicyclic amines) is 1. The largest absolute Gasteiger partial charge is 0.480 e. The molecule has 4 atom stereocenters. The Morgan fingerprint density at radius 1 is 1.00 bits per heavy atom. The van der Waals surface area contributed by atoms with E-state index in [1.165, 1.54) is 4.90 Å². The molecule has 1 aromatic carbocycles. The van der Waals surface area contributed by atoms with Gasteiger partial charge in [0.2, 0.25) is 17.7 Å². The van der Waals surface area contributed by atoms with Gasteiger partial charge in [0.1, 0.15) is 17.6 Å². The Hall–Kier alpha value is -3.10. The van der Waals surface area contributed by atoms with E-state index in [2.05, 4.69) is 16.0 Å². The van der Waals surface area contributed by atoms with Gasteiger partial charge in [-0.3, -0.25) is 19.2 Å². The minimum atomic E-state index is -1.40. The number of nitrogens with one attached hydrogen (secondary N) is 3. The molecule has 0 radical (unpaired) electrons. The number of carboxylic acids is 1. The summed E-state index contributed by atoms with van der Waals surface area (Å²) in [5.41, 5.74) is 11.6. The second-order valence-corrected chi connectivity index (χ2v) is 11.9. The summed E-state index contributed by atoms with van der Waals surface area (Å²) in [5, 5.41) is 36.5. The molecule has 3 amide bonds. The smallest absolute Gasteiger partial charge is 0.323 e. The van der Waals surface area contributed by atoms with Crippen molar-refractivity contribution in [2.45, 2.75) is 88.6 Å². The average molecular weight is 607 g/mol. The molecule has 0 bridgehead atoms. The van der Waals surface area contributed by atoms with Crippen molar-refractivity contribution in [1.82, 2.24) is 20.9 Å². The van der Waals surface area contributed by atoms with Gasteiger partial charge in [-0.15, -0.1) is 0 Å². The van der Waals surface area contributed by atoms with Gasteiger partial charge in [-0.2, -0.15) is 0 Å². The lowest BCUT2D eigenvalue weighted by Crippen LogP contribution is -2.60. The molecule has 0 aromatic heterocycles. The van der Waals surface area contributed by atoms with Crippen LogP contribution in [0.1, 0.15) is 57.9 Å². The number of amides is 3. The van der Waals surface area contributed by atoms with Crippen molar-refractivity contribution in [3.05, 3.63) is 35.9 Å². The van der Waals surface area contributed by atoms with E-state index in [0.717, 1.165) is 5.56 Å². The first-order valence-corrected chi connectivity index (χ1v) is 15.1. The quantitative estimate of drug-likeness (QED) is 0.0961. The van der Waals surface area contributed by atoms with Crippen molar-refractivity contribution in [2.24, 2.45) is 17.4 Å². The molecule has 43 heavy (non-hydrogen) atoms. The van der Waals surface area contributed by atoms with Gasteiger partial charge in [0, 0.05) is 19.6 Å². The molecule has 13 heteroatoms. The summed E-state index contributed by atoms with van der Waals surface area (Å²) in [5.74, 6) is -2.34. The summed E-state index contributed by atoms with van der Waals surface area (Å²) in [6, 6.07) is 6.67. The number of aliphatic carboxylic acids is 1. The maximum absolute atomic E-state index is 13.6. The Morgan fingerprint density at radius 2 is 1.63 bits per heavy atom. The van der Waals surface area contributed by atoms with Gasteiger partial charge < -0.3 is 47.6 Å². The molecule has 1 aliphatic rings. The molecule has 1 aliphatic heterocycles. The topological polar surface area (TPSA) is 220 Å². The zero-order chi connectivity index (χ0) is 32.0. The van der Waals surface area contributed by atoms with E-state index in [-0.39, 0.29) is 50.9 Å². The number of benzene rings is 1. The molecule has 2 rings (SSSR count). The highest BCUT2D eigenvalue weighted by molar-refractivity contribution is 5.93. The maximum Gasteiger partial charge on any atom is 0.323 e.